The lowest BCUT2D eigenvalue weighted by Crippen LogP contribution is -2.21. The zero-order valence-corrected chi connectivity index (χ0v) is 13.9. The number of amides is 1. The topological polar surface area (TPSA) is 75.7 Å². The number of rotatable bonds is 5. The molecule has 0 fully saturated rings. The Morgan fingerprint density at radius 3 is 2.04 bits per heavy atom. The van der Waals surface area contributed by atoms with Gasteiger partial charge in [0.25, 0.3) is 15.9 Å². The van der Waals surface area contributed by atoms with E-state index in [2.05, 4.69) is 4.72 Å². The second kappa shape index (κ2) is 6.70. The van der Waals surface area contributed by atoms with Gasteiger partial charge in [-0.1, -0.05) is 0 Å². The highest BCUT2D eigenvalue weighted by Gasteiger charge is 2.15. The molecule has 0 heterocycles. The Bertz CT molecular complexity index is 782. The molecule has 0 aliphatic rings. The van der Waals surface area contributed by atoms with E-state index in [0.717, 1.165) is 0 Å². The van der Waals surface area contributed by atoms with Gasteiger partial charge in [-0.2, -0.15) is 0 Å². The van der Waals surface area contributed by atoms with Gasteiger partial charge in [-0.15, -0.1) is 0 Å². The molecule has 0 unspecified atom stereocenters. The standard InChI is InChI=1S/C16H18N2O4S/c1-18(2)16(19)12-4-6-13(7-5-12)17-23(20,21)15-10-8-14(22-3)9-11-15/h4-11,17H,1-3H3. The summed E-state index contributed by atoms with van der Waals surface area (Å²) in [5, 5.41) is 0. The minimum Gasteiger partial charge on any atom is -0.497 e. The molecule has 1 amide bonds. The predicted octanol–water partition coefficient (Wildman–Crippen LogP) is 2.20. The fourth-order valence-corrected chi connectivity index (χ4v) is 2.97. The summed E-state index contributed by atoms with van der Waals surface area (Å²) in [4.78, 5) is 13.4. The third-order valence-electron chi connectivity index (χ3n) is 3.16. The van der Waals surface area contributed by atoms with Crippen LogP contribution in [-0.2, 0) is 10.0 Å². The van der Waals surface area contributed by atoms with E-state index in [1.54, 1.807) is 50.5 Å². The van der Waals surface area contributed by atoms with Crippen LogP contribution in [0.1, 0.15) is 10.4 Å². The molecular formula is C16H18N2O4S. The summed E-state index contributed by atoms with van der Waals surface area (Å²) in [5.74, 6) is 0.435. The van der Waals surface area contributed by atoms with Gasteiger partial charge in [-0.25, -0.2) is 8.42 Å². The number of hydrogen-bond donors (Lipinski definition) is 1. The molecule has 7 heteroatoms. The van der Waals surface area contributed by atoms with E-state index >= 15 is 0 Å². The summed E-state index contributed by atoms with van der Waals surface area (Å²) in [6.07, 6.45) is 0. The van der Waals surface area contributed by atoms with Gasteiger partial charge in [0.05, 0.1) is 12.0 Å². The predicted molar refractivity (Wildman–Crippen MR) is 88.3 cm³/mol. The maximum Gasteiger partial charge on any atom is 0.261 e. The third kappa shape index (κ3) is 4.01. The molecule has 0 atom stereocenters. The summed E-state index contributed by atoms with van der Waals surface area (Å²) >= 11 is 0. The van der Waals surface area contributed by atoms with Crippen LogP contribution in [0.4, 0.5) is 5.69 Å². The number of sulfonamides is 1. The molecule has 23 heavy (non-hydrogen) atoms. The number of hydrogen-bond acceptors (Lipinski definition) is 4. The van der Waals surface area contributed by atoms with Crippen LogP contribution in [0.3, 0.4) is 0 Å². The quantitative estimate of drug-likeness (QED) is 0.909. The van der Waals surface area contributed by atoms with Crippen molar-refractivity contribution in [3.05, 3.63) is 54.1 Å². The van der Waals surface area contributed by atoms with Crippen LogP contribution >= 0.6 is 0 Å². The van der Waals surface area contributed by atoms with Crippen molar-refractivity contribution in [2.75, 3.05) is 25.9 Å². The lowest BCUT2D eigenvalue weighted by molar-refractivity contribution is 0.0827. The Hall–Kier alpha value is -2.54. The van der Waals surface area contributed by atoms with E-state index in [0.29, 0.717) is 17.0 Å². The van der Waals surface area contributed by atoms with Crippen molar-refractivity contribution in [2.45, 2.75) is 4.90 Å². The van der Waals surface area contributed by atoms with Crippen LogP contribution in [0.15, 0.2) is 53.4 Å². The number of nitrogens with one attached hydrogen (secondary N) is 1. The van der Waals surface area contributed by atoms with Crippen molar-refractivity contribution < 1.29 is 17.9 Å². The van der Waals surface area contributed by atoms with Crippen LogP contribution in [0.25, 0.3) is 0 Å². The fourth-order valence-electron chi connectivity index (χ4n) is 1.91. The smallest absolute Gasteiger partial charge is 0.261 e. The second-order valence-electron chi connectivity index (χ2n) is 5.06. The molecule has 0 aliphatic carbocycles. The molecule has 0 aromatic heterocycles. The number of anilines is 1. The molecule has 0 saturated carbocycles. The SMILES string of the molecule is COc1ccc(S(=O)(=O)Nc2ccc(C(=O)N(C)C)cc2)cc1. The molecule has 0 spiro atoms. The summed E-state index contributed by atoms with van der Waals surface area (Å²) in [6, 6.07) is 12.3. The van der Waals surface area contributed by atoms with Gasteiger partial charge in [0.15, 0.2) is 0 Å². The maximum atomic E-state index is 12.3. The van der Waals surface area contributed by atoms with Crippen molar-refractivity contribution in [1.82, 2.24) is 4.90 Å². The second-order valence-corrected chi connectivity index (χ2v) is 6.74. The first-order chi connectivity index (χ1) is 10.8. The number of methoxy groups -OCH3 is 1. The van der Waals surface area contributed by atoms with Crippen LogP contribution in [0.2, 0.25) is 0 Å². The molecule has 0 aliphatic heterocycles. The maximum absolute atomic E-state index is 12.3. The van der Waals surface area contributed by atoms with Crippen LogP contribution < -0.4 is 9.46 Å². The number of nitrogens with zero attached hydrogens (tertiary/aromatic N) is 1. The molecule has 1 N–H and O–H groups in total. The number of benzene rings is 2. The Balaban J connectivity index is 2.18. The van der Waals surface area contributed by atoms with Crippen molar-refractivity contribution in [2.24, 2.45) is 0 Å². The molecule has 122 valence electrons. The van der Waals surface area contributed by atoms with E-state index in [1.807, 2.05) is 0 Å². The Morgan fingerprint density at radius 1 is 1.00 bits per heavy atom. The first-order valence-electron chi connectivity index (χ1n) is 6.82. The lowest BCUT2D eigenvalue weighted by atomic mass is 10.2. The molecule has 0 radical (unpaired) electrons. The van der Waals surface area contributed by atoms with Crippen molar-refractivity contribution in [3.8, 4) is 5.75 Å². The largest absolute Gasteiger partial charge is 0.497 e. The van der Waals surface area contributed by atoms with Crippen LogP contribution in [0.5, 0.6) is 5.75 Å². The van der Waals surface area contributed by atoms with Gasteiger partial charge in [-0.05, 0) is 48.5 Å². The summed E-state index contributed by atoms with van der Waals surface area (Å²) in [6.45, 7) is 0. The van der Waals surface area contributed by atoms with Crippen molar-refractivity contribution >= 4 is 21.6 Å². The van der Waals surface area contributed by atoms with Gasteiger partial charge in [0.1, 0.15) is 5.75 Å². The normalized spacial score (nSPS) is 10.9. The van der Waals surface area contributed by atoms with Crippen molar-refractivity contribution in [1.29, 1.82) is 0 Å². The van der Waals surface area contributed by atoms with Gasteiger partial charge < -0.3 is 9.64 Å². The minimum absolute atomic E-state index is 0.131. The average Bonchev–Trinajstić information content (AvgIpc) is 2.54. The molecule has 6 nitrogen and oxygen atoms in total. The Labute approximate surface area is 135 Å². The van der Waals surface area contributed by atoms with E-state index in [-0.39, 0.29) is 10.8 Å². The number of carbonyl (C=O) groups is 1. The number of carbonyl (C=O) groups excluding carboxylic acids is 1. The molecular weight excluding hydrogens is 316 g/mol. The fraction of sp³-hybridized carbons (Fsp3) is 0.188. The van der Waals surface area contributed by atoms with Crippen LogP contribution in [0, 0.1) is 0 Å². The van der Waals surface area contributed by atoms with E-state index in [9.17, 15) is 13.2 Å². The highest BCUT2D eigenvalue weighted by atomic mass is 32.2. The molecule has 0 saturated heterocycles. The van der Waals surface area contributed by atoms with E-state index in [1.165, 1.54) is 24.1 Å². The zero-order chi connectivity index (χ0) is 17.0. The van der Waals surface area contributed by atoms with Crippen LogP contribution in [-0.4, -0.2) is 40.4 Å². The minimum atomic E-state index is -3.69. The molecule has 2 rings (SSSR count). The third-order valence-corrected chi connectivity index (χ3v) is 4.56. The van der Waals surface area contributed by atoms with Gasteiger partial charge in [0.2, 0.25) is 0 Å². The Kier molecular flexibility index (Phi) is 4.90. The van der Waals surface area contributed by atoms with E-state index < -0.39 is 10.0 Å². The monoisotopic (exact) mass is 334 g/mol. The van der Waals surface area contributed by atoms with Crippen molar-refractivity contribution in [3.63, 3.8) is 0 Å². The Morgan fingerprint density at radius 2 is 1.57 bits per heavy atom. The molecule has 0 bridgehead atoms. The van der Waals surface area contributed by atoms with Gasteiger partial charge >= 0.3 is 0 Å². The zero-order valence-electron chi connectivity index (χ0n) is 13.1. The lowest BCUT2D eigenvalue weighted by Gasteiger charge is -2.12. The highest BCUT2D eigenvalue weighted by Crippen LogP contribution is 2.19. The molecule has 2 aromatic rings. The highest BCUT2D eigenvalue weighted by molar-refractivity contribution is 7.92. The summed E-state index contributed by atoms with van der Waals surface area (Å²) in [7, 11) is 1.13. The molecule has 2 aromatic carbocycles. The first-order valence-corrected chi connectivity index (χ1v) is 8.30. The summed E-state index contributed by atoms with van der Waals surface area (Å²) < 4.78 is 32.1. The number of ether oxygens (including phenoxy) is 1. The first kappa shape index (κ1) is 16.8. The summed E-state index contributed by atoms with van der Waals surface area (Å²) in [5.41, 5.74) is 0.874. The average molecular weight is 334 g/mol. The van der Waals surface area contributed by atoms with Gasteiger partial charge in [0, 0.05) is 25.3 Å². The van der Waals surface area contributed by atoms with E-state index in [4.69, 9.17) is 4.74 Å². The van der Waals surface area contributed by atoms with Gasteiger partial charge in [-0.3, -0.25) is 9.52 Å².